The van der Waals surface area contributed by atoms with E-state index in [-0.39, 0.29) is 16.4 Å². The fourth-order valence-electron chi connectivity index (χ4n) is 2.49. The molecule has 1 N–H and O–H groups in total. The van der Waals surface area contributed by atoms with Crippen LogP contribution in [0.4, 0.5) is 4.39 Å². The van der Waals surface area contributed by atoms with Gasteiger partial charge in [-0.05, 0) is 59.2 Å². The summed E-state index contributed by atoms with van der Waals surface area (Å²) in [6.07, 6.45) is 4.21. The number of rotatable bonds is 2. The van der Waals surface area contributed by atoms with Crippen molar-refractivity contribution in [1.82, 2.24) is 5.32 Å². The Hall–Kier alpha value is -0.900. The molecule has 4 heteroatoms. The van der Waals surface area contributed by atoms with E-state index in [2.05, 4.69) is 35.1 Å². The first kappa shape index (κ1) is 14.5. The van der Waals surface area contributed by atoms with E-state index in [1.807, 2.05) is 0 Å². The van der Waals surface area contributed by atoms with Crippen LogP contribution in [0.25, 0.3) is 0 Å². The average Bonchev–Trinajstić information content (AvgIpc) is 2.35. The summed E-state index contributed by atoms with van der Waals surface area (Å²) in [5.41, 5.74) is 0.741. The highest BCUT2D eigenvalue weighted by atomic mass is 79.9. The molecule has 0 radical (unpaired) electrons. The first-order chi connectivity index (χ1) is 8.89. The fraction of sp³-hybridized carbons (Fsp3) is 0.533. The van der Waals surface area contributed by atoms with Crippen LogP contribution in [-0.2, 0) is 0 Å². The molecule has 0 spiro atoms. The zero-order chi connectivity index (χ0) is 14.0. The summed E-state index contributed by atoms with van der Waals surface area (Å²) in [4.78, 5) is 12.1. The molecule has 2 rings (SSSR count). The number of amides is 1. The molecule has 0 heterocycles. The minimum absolute atomic E-state index is 0.198. The SMILES string of the molecule is CC1(C)CCC(NC(=O)c2cccc(F)c2Br)CC1. The second-order valence-corrected chi connectivity index (χ2v) is 6.81. The van der Waals surface area contributed by atoms with Crippen molar-refractivity contribution in [3.05, 3.63) is 34.1 Å². The van der Waals surface area contributed by atoms with Crippen molar-refractivity contribution in [2.24, 2.45) is 5.41 Å². The summed E-state index contributed by atoms with van der Waals surface area (Å²) in [7, 11) is 0. The van der Waals surface area contributed by atoms with Gasteiger partial charge in [0, 0.05) is 6.04 Å². The van der Waals surface area contributed by atoms with E-state index in [9.17, 15) is 9.18 Å². The van der Waals surface area contributed by atoms with E-state index < -0.39 is 5.82 Å². The first-order valence-corrected chi connectivity index (χ1v) is 7.43. The second kappa shape index (κ2) is 5.61. The minimum atomic E-state index is -0.405. The lowest BCUT2D eigenvalue weighted by Crippen LogP contribution is -2.39. The number of carbonyl (C=O) groups excluding carboxylic acids is 1. The highest BCUT2D eigenvalue weighted by molar-refractivity contribution is 9.10. The smallest absolute Gasteiger partial charge is 0.252 e. The quantitative estimate of drug-likeness (QED) is 0.862. The Labute approximate surface area is 121 Å². The number of nitrogens with one attached hydrogen (secondary N) is 1. The maximum Gasteiger partial charge on any atom is 0.252 e. The number of carbonyl (C=O) groups is 1. The molecular weight excluding hydrogens is 309 g/mol. The van der Waals surface area contributed by atoms with Crippen LogP contribution in [0.5, 0.6) is 0 Å². The second-order valence-electron chi connectivity index (χ2n) is 6.01. The molecule has 0 saturated heterocycles. The van der Waals surface area contributed by atoms with E-state index >= 15 is 0 Å². The van der Waals surface area contributed by atoms with Crippen LogP contribution in [0, 0.1) is 11.2 Å². The minimum Gasteiger partial charge on any atom is -0.349 e. The summed E-state index contributed by atoms with van der Waals surface area (Å²) in [6, 6.07) is 4.73. The Morgan fingerprint density at radius 2 is 2.00 bits per heavy atom. The third-order valence-electron chi connectivity index (χ3n) is 3.87. The molecular formula is C15H19BrFNO. The highest BCUT2D eigenvalue weighted by Gasteiger charge is 2.28. The van der Waals surface area contributed by atoms with Gasteiger partial charge in [0.05, 0.1) is 10.0 Å². The average molecular weight is 328 g/mol. The van der Waals surface area contributed by atoms with Gasteiger partial charge >= 0.3 is 0 Å². The first-order valence-electron chi connectivity index (χ1n) is 6.64. The van der Waals surface area contributed by atoms with Gasteiger partial charge in [-0.2, -0.15) is 0 Å². The van der Waals surface area contributed by atoms with Gasteiger partial charge in [0.15, 0.2) is 0 Å². The number of halogens is 2. The molecule has 1 aromatic carbocycles. The Bertz CT molecular complexity index is 477. The molecule has 1 saturated carbocycles. The maximum atomic E-state index is 13.4. The predicted octanol–water partition coefficient (Wildman–Crippen LogP) is 4.29. The molecule has 0 aromatic heterocycles. The van der Waals surface area contributed by atoms with Crippen molar-refractivity contribution in [3.63, 3.8) is 0 Å². The molecule has 2 nitrogen and oxygen atoms in total. The van der Waals surface area contributed by atoms with Crippen molar-refractivity contribution >= 4 is 21.8 Å². The van der Waals surface area contributed by atoms with Crippen LogP contribution in [0.1, 0.15) is 49.9 Å². The van der Waals surface area contributed by atoms with Crippen molar-refractivity contribution in [2.75, 3.05) is 0 Å². The van der Waals surface area contributed by atoms with Gasteiger partial charge in [-0.15, -0.1) is 0 Å². The highest BCUT2D eigenvalue weighted by Crippen LogP contribution is 2.35. The van der Waals surface area contributed by atoms with Gasteiger partial charge in [-0.1, -0.05) is 19.9 Å². The maximum absolute atomic E-state index is 13.4. The molecule has 0 bridgehead atoms. The Kier molecular flexibility index (Phi) is 4.29. The summed E-state index contributed by atoms with van der Waals surface area (Å²) in [5.74, 6) is -0.603. The number of hydrogen-bond acceptors (Lipinski definition) is 1. The van der Waals surface area contributed by atoms with E-state index in [1.165, 1.54) is 6.07 Å². The summed E-state index contributed by atoms with van der Waals surface area (Å²) >= 11 is 3.13. The van der Waals surface area contributed by atoms with Gasteiger partial charge in [0.25, 0.3) is 5.91 Å². The molecule has 1 aromatic rings. The van der Waals surface area contributed by atoms with Crippen LogP contribution in [0.2, 0.25) is 0 Å². The van der Waals surface area contributed by atoms with Crippen molar-refractivity contribution in [1.29, 1.82) is 0 Å². The molecule has 0 atom stereocenters. The lowest BCUT2D eigenvalue weighted by molar-refractivity contribution is 0.0907. The van der Waals surface area contributed by atoms with Crippen LogP contribution < -0.4 is 5.32 Å². The molecule has 1 aliphatic rings. The zero-order valence-electron chi connectivity index (χ0n) is 11.3. The van der Waals surface area contributed by atoms with Gasteiger partial charge in [0.1, 0.15) is 5.82 Å². The largest absolute Gasteiger partial charge is 0.349 e. The predicted molar refractivity (Wildman–Crippen MR) is 77.6 cm³/mol. The summed E-state index contributed by atoms with van der Waals surface area (Å²) < 4.78 is 13.6. The third kappa shape index (κ3) is 3.56. The van der Waals surface area contributed by atoms with Crippen molar-refractivity contribution in [3.8, 4) is 0 Å². The van der Waals surface area contributed by atoms with Crippen LogP contribution >= 0.6 is 15.9 Å². The standard InChI is InChI=1S/C15H19BrFNO/c1-15(2)8-6-10(7-9-15)18-14(19)11-4-3-5-12(17)13(11)16/h3-5,10H,6-9H2,1-2H3,(H,18,19). The lowest BCUT2D eigenvalue weighted by atomic mass is 9.75. The summed E-state index contributed by atoms with van der Waals surface area (Å²) in [5, 5.41) is 3.01. The summed E-state index contributed by atoms with van der Waals surface area (Å²) in [6.45, 7) is 4.52. The van der Waals surface area contributed by atoms with E-state index in [0.29, 0.717) is 11.0 Å². The third-order valence-corrected chi connectivity index (χ3v) is 4.68. The van der Waals surface area contributed by atoms with E-state index in [1.54, 1.807) is 12.1 Å². The molecule has 0 unspecified atom stereocenters. The van der Waals surface area contributed by atoms with Crippen molar-refractivity contribution in [2.45, 2.75) is 45.6 Å². The van der Waals surface area contributed by atoms with Gasteiger partial charge in [-0.25, -0.2) is 4.39 Å². The molecule has 0 aliphatic heterocycles. The fourth-order valence-corrected chi connectivity index (χ4v) is 2.93. The molecule has 1 aliphatic carbocycles. The normalized spacial score (nSPS) is 19.2. The number of benzene rings is 1. The molecule has 1 amide bonds. The molecule has 19 heavy (non-hydrogen) atoms. The Morgan fingerprint density at radius 3 is 2.63 bits per heavy atom. The monoisotopic (exact) mass is 327 g/mol. The molecule has 1 fully saturated rings. The molecule has 104 valence electrons. The topological polar surface area (TPSA) is 29.1 Å². The van der Waals surface area contributed by atoms with Crippen LogP contribution in [-0.4, -0.2) is 11.9 Å². The number of hydrogen-bond donors (Lipinski definition) is 1. The zero-order valence-corrected chi connectivity index (χ0v) is 12.9. The Morgan fingerprint density at radius 1 is 1.37 bits per heavy atom. The van der Waals surface area contributed by atoms with Gasteiger partial charge in [-0.3, -0.25) is 4.79 Å². The van der Waals surface area contributed by atoms with Crippen molar-refractivity contribution < 1.29 is 9.18 Å². The van der Waals surface area contributed by atoms with Gasteiger partial charge in [0.2, 0.25) is 0 Å². The Balaban J connectivity index is 2.00. The van der Waals surface area contributed by atoms with E-state index in [0.717, 1.165) is 25.7 Å². The van der Waals surface area contributed by atoms with Crippen LogP contribution in [0.3, 0.4) is 0 Å². The van der Waals surface area contributed by atoms with Crippen LogP contribution in [0.15, 0.2) is 22.7 Å². The van der Waals surface area contributed by atoms with E-state index in [4.69, 9.17) is 0 Å². The lowest BCUT2D eigenvalue weighted by Gasteiger charge is -2.34. The van der Waals surface area contributed by atoms with Gasteiger partial charge < -0.3 is 5.32 Å².